The van der Waals surface area contributed by atoms with Crippen molar-refractivity contribution in [1.82, 2.24) is 19.1 Å². The maximum absolute atomic E-state index is 12.2. The summed E-state index contributed by atoms with van der Waals surface area (Å²) >= 11 is 0. The van der Waals surface area contributed by atoms with E-state index < -0.39 is 17.2 Å². The molecule has 0 bridgehead atoms. The summed E-state index contributed by atoms with van der Waals surface area (Å²) in [6.07, 6.45) is 0. The van der Waals surface area contributed by atoms with Gasteiger partial charge in [-0.15, -0.1) is 0 Å². The van der Waals surface area contributed by atoms with Crippen LogP contribution in [0.3, 0.4) is 0 Å². The van der Waals surface area contributed by atoms with Crippen LogP contribution < -0.4 is 16.6 Å². The van der Waals surface area contributed by atoms with Gasteiger partial charge in [-0.05, 0) is 12.1 Å². The van der Waals surface area contributed by atoms with Gasteiger partial charge in [0.05, 0.1) is 18.4 Å². The summed E-state index contributed by atoms with van der Waals surface area (Å²) in [5.74, 6) is -0.267. The van der Waals surface area contributed by atoms with Crippen molar-refractivity contribution in [1.29, 1.82) is 0 Å². The summed E-state index contributed by atoms with van der Waals surface area (Å²) in [6, 6.07) is 6.73. The van der Waals surface area contributed by atoms with Gasteiger partial charge in [0.2, 0.25) is 5.95 Å². The van der Waals surface area contributed by atoms with Crippen molar-refractivity contribution in [3.05, 3.63) is 50.7 Å². The van der Waals surface area contributed by atoms with E-state index >= 15 is 0 Å². The number of anilines is 2. The number of esters is 1. The largest absolute Gasteiger partial charge is 0.465 e. The van der Waals surface area contributed by atoms with Crippen LogP contribution in [0.5, 0.6) is 0 Å². The molecule has 3 aromatic rings. The Morgan fingerprint density at radius 3 is 2.62 bits per heavy atom. The predicted octanol–water partition coefficient (Wildman–Crippen LogP) is 0.490. The second-order valence-electron chi connectivity index (χ2n) is 5.15. The van der Waals surface area contributed by atoms with Crippen LogP contribution in [0.1, 0.15) is 10.4 Å². The van der Waals surface area contributed by atoms with Crippen LogP contribution in [0.4, 0.5) is 11.6 Å². The number of nitrogens with zero attached hydrogens (tertiary/aromatic N) is 3. The molecule has 0 aliphatic rings. The van der Waals surface area contributed by atoms with E-state index in [1.54, 1.807) is 24.3 Å². The first kappa shape index (κ1) is 15.5. The number of carbonyl (C=O) groups is 1. The highest BCUT2D eigenvalue weighted by molar-refractivity contribution is 5.96. The van der Waals surface area contributed by atoms with Gasteiger partial charge in [-0.25, -0.2) is 9.59 Å². The molecule has 2 N–H and O–H groups in total. The Hall–Kier alpha value is -3.36. The van der Waals surface area contributed by atoms with Crippen molar-refractivity contribution < 1.29 is 9.53 Å². The zero-order chi connectivity index (χ0) is 17.4. The number of hydrogen-bond acceptors (Lipinski definition) is 6. The first-order valence-electron chi connectivity index (χ1n) is 7.04. The van der Waals surface area contributed by atoms with Gasteiger partial charge < -0.3 is 15.0 Å². The molecular weight excluding hydrogens is 314 g/mol. The van der Waals surface area contributed by atoms with Gasteiger partial charge in [-0.3, -0.25) is 13.9 Å². The fourth-order valence-electron chi connectivity index (χ4n) is 2.39. The average Bonchev–Trinajstić information content (AvgIpc) is 3.02. The summed E-state index contributed by atoms with van der Waals surface area (Å²) in [6.45, 7) is 0. The highest BCUT2D eigenvalue weighted by Gasteiger charge is 2.16. The van der Waals surface area contributed by atoms with Crippen LogP contribution in [0.25, 0.3) is 11.2 Å². The molecule has 0 aliphatic carbocycles. The highest BCUT2D eigenvalue weighted by Crippen LogP contribution is 2.20. The minimum absolute atomic E-state index is 0.192. The number of aromatic amines is 1. The number of para-hydroxylation sites is 1. The number of hydrogen-bond donors (Lipinski definition) is 2. The summed E-state index contributed by atoms with van der Waals surface area (Å²) in [5.41, 5.74) is 0.252. The van der Waals surface area contributed by atoms with Gasteiger partial charge >= 0.3 is 11.7 Å². The summed E-state index contributed by atoms with van der Waals surface area (Å²) < 4.78 is 7.00. The third kappa shape index (κ3) is 2.35. The number of methoxy groups -OCH3 is 1. The topological polar surface area (TPSA) is 111 Å². The van der Waals surface area contributed by atoms with Crippen molar-refractivity contribution in [2.45, 2.75) is 0 Å². The molecule has 0 amide bonds. The lowest BCUT2D eigenvalue weighted by atomic mass is 10.2. The number of imidazole rings is 1. The van der Waals surface area contributed by atoms with Crippen molar-refractivity contribution in [2.24, 2.45) is 14.1 Å². The second kappa shape index (κ2) is 5.69. The third-order valence-electron chi connectivity index (χ3n) is 3.68. The highest BCUT2D eigenvalue weighted by atomic mass is 16.5. The maximum Gasteiger partial charge on any atom is 0.339 e. The molecule has 24 heavy (non-hydrogen) atoms. The van der Waals surface area contributed by atoms with E-state index in [4.69, 9.17) is 4.74 Å². The lowest BCUT2D eigenvalue weighted by Gasteiger charge is -2.07. The number of H-pyrrole nitrogens is 1. The number of benzene rings is 1. The smallest absolute Gasteiger partial charge is 0.339 e. The Morgan fingerprint density at radius 1 is 1.21 bits per heavy atom. The molecule has 0 saturated carbocycles. The van der Waals surface area contributed by atoms with Crippen molar-refractivity contribution in [3.63, 3.8) is 0 Å². The number of carbonyl (C=O) groups excluding carboxylic acids is 1. The number of ether oxygens (including phenoxy) is 1. The third-order valence-corrected chi connectivity index (χ3v) is 3.68. The Kier molecular flexibility index (Phi) is 3.68. The van der Waals surface area contributed by atoms with Crippen LogP contribution in [-0.2, 0) is 18.8 Å². The zero-order valence-electron chi connectivity index (χ0n) is 13.3. The van der Waals surface area contributed by atoms with Crippen LogP contribution in [0.15, 0.2) is 33.9 Å². The number of aromatic nitrogens is 4. The Morgan fingerprint density at radius 2 is 1.92 bits per heavy atom. The molecule has 9 heteroatoms. The maximum atomic E-state index is 12.2. The number of rotatable bonds is 3. The molecule has 3 rings (SSSR count). The van der Waals surface area contributed by atoms with Crippen molar-refractivity contribution >= 4 is 28.8 Å². The molecule has 0 unspecified atom stereocenters. The lowest BCUT2D eigenvalue weighted by molar-refractivity contribution is 0.0602. The van der Waals surface area contributed by atoms with E-state index in [0.717, 1.165) is 4.57 Å². The Bertz CT molecular complexity index is 1060. The lowest BCUT2D eigenvalue weighted by Crippen LogP contribution is -2.36. The SMILES string of the molecule is COC(=O)c1ccccc1Nc1nc2c([nH]1)c(=O)n(C)c(=O)n2C. The summed E-state index contributed by atoms with van der Waals surface area (Å²) in [4.78, 5) is 43.0. The number of fused-ring (bicyclic) bond motifs is 1. The van der Waals surface area contributed by atoms with Crippen molar-refractivity contribution in [2.75, 3.05) is 12.4 Å². The van der Waals surface area contributed by atoms with Gasteiger partial charge in [-0.1, -0.05) is 12.1 Å². The number of aryl methyl sites for hydroxylation is 1. The molecule has 0 aliphatic heterocycles. The molecule has 0 atom stereocenters. The Labute approximate surface area is 135 Å². The fourth-order valence-corrected chi connectivity index (χ4v) is 2.39. The molecule has 0 saturated heterocycles. The summed E-state index contributed by atoms with van der Waals surface area (Å²) in [5, 5.41) is 2.94. The van der Waals surface area contributed by atoms with Crippen LogP contribution in [0.2, 0.25) is 0 Å². The molecule has 9 nitrogen and oxygen atoms in total. The molecule has 2 heterocycles. The van der Waals surface area contributed by atoms with E-state index in [0.29, 0.717) is 11.3 Å². The minimum atomic E-state index is -0.502. The fraction of sp³-hybridized carbons (Fsp3) is 0.200. The number of nitrogens with one attached hydrogen (secondary N) is 2. The first-order chi connectivity index (χ1) is 11.4. The monoisotopic (exact) mass is 329 g/mol. The van der Waals surface area contributed by atoms with Crippen LogP contribution in [0, 0.1) is 0 Å². The van der Waals surface area contributed by atoms with E-state index in [1.165, 1.54) is 25.8 Å². The molecule has 2 aromatic heterocycles. The van der Waals surface area contributed by atoms with E-state index in [9.17, 15) is 14.4 Å². The molecular formula is C15H15N5O4. The zero-order valence-corrected chi connectivity index (χ0v) is 13.3. The molecule has 0 spiro atoms. The van der Waals surface area contributed by atoms with Gasteiger partial charge in [0.25, 0.3) is 5.56 Å². The van der Waals surface area contributed by atoms with Gasteiger partial charge in [0, 0.05) is 14.1 Å². The molecule has 0 radical (unpaired) electrons. The summed E-state index contributed by atoms with van der Waals surface area (Å²) in [7, 11) is 4.21. The predicted molar refractivity (Wildman–Crippen MR) is 87.6 cm³/mol. The first-order valence-corrected chi connectivity index (χ1v) is 7.04. The van der Waals surface area contributed by atoms with E-state index in [1.807, 2.05) is 0 Å². The van der Waals surface area contributed by atoms with Gasteiger partial charge in [-0.2, -0.15) is 4.98 Å². The van der Waals surface area contributed by atoms with Crippen molar-refractivity contribution in [3.8, 4) is 0 Å². The van der Waals surface area contributed by atoms with E-state index in [-0.39, 0.29) is 17.1 Å². The molecule has 1 aromatic carbocycles. The second-order valence-corrected chi connectivity index (χ2v) is 5.15. The molecule has 0 fully saturated rings. The van der Waals surface area contributed by atoms with Crippen LogP contribution in [-0.4, -0.2) is 32.2 Å². The normalized spacial score (nSPS) is 10.8. The van der Waals surface area contributed by atoms with Crippen LogP contribution >= 0.6 is 0 Å². The van der Waals surface area contributed by atoms with E-state index in [2.05, 4.69) is 15.3 Å². The van der Waals surface area contributed by atoms with Gasteiger partial charge in [0.15, 0.2) is 11.2 Å². The Balaban J connectivity index is 2.12. The quantitative estimate of drug-likeness (QED) is 0.677. The van der Waals surface area contributed by atoms with Gasteiger partial charge in [0.1, 0.15) is 0 Å². The standard InChI is InChI=1S/C15H15N5O4/c1-19-11-10(12(21)20(2)15(19)23)17-14(18-11)16-9-7-5-4-6-8(9)13(22)24-3/h4-7H,1-3H3,(H2,16,17,18). The minimum Gasteiger partial charge on any atom is -0.465 e. The molecule has 124 valence electrons. The average molecular weight is 329 g/mol.